The van der Waals surface area contributed by atoms with Gasteiger partial charge >= 0.3 is 0 Å². The maximum Gasteiger partial charge on any atom is 0.193 e. The van der Waals surface area contributed by atoms with Gasteiger partial charge < -0.3 is 28.6 Å². The molecule has 6 aromatic rings. The third-order valence-electron chi connectivity index (χ3n) is 14.6. The summed E-state index contributed by atoms with van der Waals surface area (Å²) in [6, 6.07) is 11.9. The Bertz CT molecular complexity index is 2780. The van der Waals surface area contributed by atoms with Crippen LogP contribution in [-0.2, 0) is 21.5 Å². The monoisotopic (exact) mass is 833 g/mol. The van der Waals surface area contributed by atoms with Gasteiger partial charge in [-0.15, -0.1) is 0 Å². The molecule has 13 nitrogen and oxygen atoms in total. The molecule has 0 unspecified atom stereocenters. The second kappa shape index (κ2) is 13.8. The number of aromatic amines is 1. The fourth-order valence-electron chi connectivity index (χ4n) is 10.5. The number of nitrogens with zero attached hydrogens (tertiary/aromatic N) is 6. The topological polar surface area (TPSA) is 175 Å². The molecular formula is C49H51N7O6. The number of Topliss-reactive ketones (excluding diaryl/α,β-unsaturated/α-hetero) is 1. The Morgan fingerprint density at radius 3 is 2.08 bits per heavy atom. The average Bonchev–Trinajstić information content (AvgIpc) is 4.24. The molecule has 0 bridgehead atoms. The molecule has 3 aliphatic heterocycles. The van der Waals surface area contributed by atoms with E-state index in [9.17, 15) is 9.90 Å². The van der Waals surface area contributed by atoms with Crippen molar-refractivity contribution in [3.8, 4) is 22.3 Å². The second-order valence-electron chi connectivity index (χ2n) is 19.2. The van der Waals surface area contributed by atoms with Crippen LogP contribution in [0.2, 0.25) is 0 Å². The SMILES string of the molecule is Cc1noc(C)c1-c1cc([C@](O)(c2cccnn2)[C@@H]2CCC3(CC3)O2)c2nc(C3CC3)[nH]c2c1.Cc1noc(C)c1-c1cc2c(c(C(=O)[C@@H]3CCC4(CC4)O3)c1)N=C(C1CC1)C2. The van der Waals surface area contributed by atoms with Crippen molar-refractivity contribution < 1.29 is 28.4 Å². The summed E-state index contributed by atoms with van der Waals surface area (Å²) >= 11 is 0. The number of H-pyrrole nitrogens is 1. The van der Waals surface area contributed by atoms with E-state index in [0.29, 0.717) is 28.7 Å². The Morgan fingerprint density at radius 1 is 0.806 bits per heavy atom. The zero-order chi connectivity index (χ0) is 42.1. The van der Waals surface area contributed by atoms with Crippen LogP contribution in [0, 0.1) is 33.6 Å². The van der Waals surface area contributed by atoms with Crippen LogP contribution in [0.25, 0.3) is 33.3 Å². The maximum atomic E-state index is 13.5. The molecule has 2 spiro atoms. The van der Waals surface area contributed by atoms with Crippen LogP contribution >= 0.6 is 0 Å². The number of rotatable bonds is 9. The number of carbonyl (C=O) groups excluding carboxylic acids is 1. The number of ether oxygens (including phenoxy) is 2. The van der Waals surface area contributed by atoms with E-state index in [2.05, 4.69) is 37.6 Å². The molecule has 4 aliphatic carbocycles. The third-order valence-corrected chi connectivity index (χ3v) is 14.6. The van der Waals surface area contributed by atoms with Crippen molar-refractivity contribution in [2.75, 3.05) is 0 Å². The lowest BCUT2D eigenvalue weighted by molar-refractivity contribution is -0.0937. The number of aryl methyl sites for hydroxylation is 4. The molecule has 7 heterocycles. The van der Waals surface area contributed by atoms with Crippen molar-refractivity contribution in [3.05, 3.63) is 93.7 Å². The molecule has 2 saturated heterocycles. The van der Waals surface area contributed by atoms with E-state index in [4.69, 9.17) is 28.5 Å². The van der Waals surface area contributed by atoms with Crippen molar-refractivity contribution >= 4 is 28.2 Å². The van der Waals surface area contributed by atoms with Gasteiger partial charge in [0.25, 0.3) is 0 Å². The number of hydrogen-bond acceptors (Lipinski definition) is 12. The predicted octanol–water partition coefficient (Wildman–Crippen LogP) is 9.34. The highest BCUT2D eigenvalue weighted by molar-refractivity contribution is 6.09. The van der Waals surface area contributed by atoms with E-state index in [1.807, 2.05) is 52.0 Å². The third kappa shape index (κ3) is 6.40. The maximum absolute atomic E-state index is 13.5. The lowest BCUT2D eigenvalue weighted by Gasteiger charge is -2.34. The molecule has 2 aromatic carbocycles. The molecule has 62 heavy (non-hydrogen) atoms. The summed E-state index contributed by atoms with van der Waals surface area (Å²) in [5.74, 6) is 3.64. The van der Waals surface area contributed by atoms with E-state index in [0.717, 1.165) is 144 Å². The van der Waals surface area contributed by atoms with Gasteiger partial charge in [0.1, 0.15) is 29.1 Å². The predicted molar refractivity (Wildman–Crippen MR) is 229 cm³/mol. The fourth-order valence-corrected chi connectivity index (χ4v) is 10.5. The van der Waals surface area contributed by atoms with Crippen molar-refractivity contribution in [3.63, 3.8) is 0 Å². The molecule has 2 N–H and O–H groups in total. The van der Waals surface area contributed by atoms with Crippen LogP contribution in [0.15, 0.2) is 56.6 Å². The van der Waals surface area contributed by atoms with Gasteiger partial charge in [0.15, 0.2) is 11.4 Å². The van der Waals surface area contributed by atoms with Gasteiger partial charge in [-0.1, -0.05) is 10.3 Å². The standard InChI is InChI=1S/C26H27N5O3.C23H24N2O3/c1-14-22(15(2)34-31-14)17-12-18(23-19(13-17)28-24(29-23)16-5-6-16)26(32,20-4-3-11-27-30-20)21-7-8-25(33-21)9-10-25;1-12-20(13(2)28-25-12)15-9-16-11-18(14-3-4-14)24-21(16)17(10-15)22(26)19-5-6-23(27-19)7-8-23/h3-4,11-13,16,21,32H,5-10H2,1-2H3,(H,28,29);9-10,14,19H,3-8,11H2,1-2H3/t21-,26-;19-/m00/s1. The molecule has 3 atom stereocenters. The number of imidazole rings is 1. The van der Waals surface area contributed by atoms with Gasteiger partial charge in [-0.2, -0.15) is 10.2 Å². The van der Waals surface area contributed by atoms with Crippen LogP contribution in [-0.4, -0.2) is 70.5 Å². The van der Waals surface area contributed by atoms with Crippen LogP contribution < -0.4 is 0 Å². The molecular weight excluding hydrogens is 783 g/mol. The van der Waals surface area contributed by atoms with Gasteiger partial charge in [-0.25, -0.2) is 4.98 Å². The Morgan fingerprint density at radius 2 is 1.48 bits per heavy atom. The lowest BCUT2D eigenvalue weighted by atomic mass is 9.81. The number of fused-ring (bicyclic) bond motifs is 2. The Labute approximate surface area is 359 Å². The van der Waals surface area contributed by atoms with Crippen molar-refractivity contribution in [1.82, 2.24) is 30.5 Å². The highest BCUT2D eigenvalue weighted by Crippen LogP contribution is 2.55. The first-order chi connectivity index (χ1) is 30.0. The van der Waals surface area contributed by atoms with E-state index >= 15 is 0 Å². The van der Waals surface area contributed by atoms with E-state index in [1.165, 1.54) is 18.6 Å². The fraction of sp³-hybridized carbons (Fsp3) is 0.490. The van der Waals surface area contributed by atoms with Crippen LogP contribution in [0.3, 0.4) is 0 Å². The normalized spacial score (nSPS) is 23.7. The molecule has 0 amide bonds. The van der Waals surface area contributed by atoms with E-state index < -0.39 is 11.7 Å². The highest BCUT2D eigenvalue weighted by atomic mass is 16.5. The van der Waals surface area contributed by atoms with Crippen molar-refractivity contribution in [2.24, 2.45) is 10.9 Å². The summed E-state index contributed by atoms with van der Waals surface area (Å²) in [6.07, 6.45) is 14.2. The number of benzene rings is 2. The number of nitrogens with one attached hydrogen (secondary N) is 1. The van der Waals surface area contributed by atoms with Crippen molar-refractivity contribution in [2.45, 2.75) is 146 Å². The van der Waals surface area contributed by atoms with Crippen LogP contribution in [0.4, 0.5) is 5.69 Å². The summed E-state index contributed by atoms with van der Waals surface area (Å²) in [5, 5.41) is 29.4. The average molecular weight is 834 g/mol. The molecule has 4 saturated carbocycles. The molecule has 318 valence electrons. The quantitative estimate of drug-likeness (QED) is 0.133. The first-order valence-electron chi connectivity index (χ1n) is 22.6. The van der Waals surface area contributed by atoms with Gasteiger partial charge in [0.2, 0.25) is 0 Å². The molecule has 13 rings (SSSR count). The van der Waals surface area contributed by atoms with Gasteiger partial charge in [0.05, 0.1) is 45.4 Å². The molecule has 0 radical (unpaired) electrons. The second-order valence-corrected chi connectivity index (χ2v) is 19.2. The van der Waals surface area contributed by atoms with Crippen LogP contribution in [0.5, 0.6) is 0 Å². The minimum atomic E-state index is -1.50. The number of ketones is 1. The number of carbonyl (C=O) groups is 1. The molecule has 13 heteroatoms. The van der Waals surface area contributed by atoms with Gasteiger partial charge in [-0.05, 0) is 164 Å². The van der Waals surface area contributed by atoms with E-state index in [1.54, 1.807) is 6.20 Å². The largest absolute Gasteiger partial charge is 0.376 e. The zero-order valence-electron chi connectivity index (χ0n) is 35.7. The minimum Gasteiger partial charge on any atom is -0.376 e. The zero-order valence-corrected chi connectivity index (χ0v) is 35.7. The Kier molecular flexibility index (Phi) is 8.54. The first-order valence-corrected chi connectivity index (χ1v) is 22.6. The molecule has 6 fully saturated rings. The number of aliphatic hydroxyl groups is 1. The first kappa shape index (κ1) is 38.3. The van der Waals surface area contributed by atoms with Gasteiger partial charge in [-0.3, -0.25) is 9.79 Å². The van der Waals surface area contributed by atoms with Gasteiger partial charge in [0, 0.05) is 46.5 Å². The Hall–Kier alpha value is -5.37. The number of hydrogen-bond donors (Lipinski definition) is 2. The number of aliphatic imine (C=N–C) groups is 1. The smallest absolute Gasteiger partial charge is 0.193 e. The molecule has 7 aliphatic rings. The lowest BCUT2D eigenvalue weighted by Crippen LogP contribution is -2.42. The summed E-state index contributed by atoms with van der Waals surface area (Å²) in [4.78, 5) is 26.9. The summed E-state index contributed by atoms with van der Waals surface area (Å²) < 4.78 is 23.6. The van der Waals surface area contributed by atoms with Crippen molar-refractivity contribution in [1.29, 1.82) is 0 Å². The Balaban J connectivity index is 0.000000135. The summed E-state index contributed by atoms with van der Waals surface area (Å²) in [5.41, 5.74) is 10.7. The minimum absolute atomic E-state index is 0.00516. The number of aromatic nitrogens is 6. The summed E-state index contributed by atoms with van der Waals surface area (Å²) in [6.45, 7) is 7.72. The summed E-state index contributed by atoms with van der Waals surface area (Å²) in [7, 11) is 0. The highest BCUT2D eigenvalue weighted by Gasteiger charge is 2.57. The molecule has 4 aromatic heterocycles. The van der Waals surface area contributed by atoms with E-state index in [-0.39, 0.29) is 23.1 Å². The van der Waals surface area contributed by atoms with Crippen LogP contribution in [0.1, 0.15) is 139 Å².